The zero-order valence-electron chi connectivity index (χ0n) is 11.5. The first-order valence-electron chi connectivity index (χ1n) is 7.01. The number of sulfone groups is 1. The number of rotatable bonds is 3. The zero-order chi connectivity index (χ0) is 14.9. The van der Waals surface area contributed by atoms with Crippen molar-refractivity contribution in [2.24, 2.45) is 0 Å². The second-order valence-electron chi connectivity index (χ2n) is 5.31. The molecule has 1 aliphatic carbocycles. The van der Waals surface area contributed by atoms with E-state index >= 15 is 0 Å². The van der Waals surface area contributed by atoms with Gasteiger partial charge in [-0.3, -0.25) is 0 Å². The Kier molecular flexibility index (Phi) is 3.64. The van der Waals surface area contributed by atoms with Crippen LogP contribution in [0.25, 0.3) is 0 Å². The van der Waals surface area contributed by atoms with Gasteiger partial charge in [0.25, 0.3) is 0 Å². The molecule has 0 fully saturated rings. The maximum atomic E-state index is 12.6. The minimum Gasteiger partial charge on any atom is -0.303 e. The van der Waals surface area contributed by atoms with Gasteiger partial charge in [-0.05, 0) is 54.7 Å². The summed E-state index contributed by atoms with van der Waals surface area (Å²) >= 11 is 0. The highest BCUT2D eigenvalue weighted by molar-refractivity contribution is 7.91. The summed E-state index contributed by atoms with van der Waals surface area (Å²) in [5.41, 5.74) is 1.96. The summed E-state index contributed by atoms with van der Waals surface area (Å²) in [7, 11) is -3.48. The van der Waals surface area contributed by atoms with Crippen molar-refractivity contribution >= 4 is 16.1 Å². The third-order valence-electron chi connectivity index (χ3n) is 4.00. The maximum absolute atomic E-state index is 12.6. The monoisotopic (exact) mass is 300 g/mol. The fourth-order valence-electron chi connectivity index (χ4n) is 2.87. The third-order valence-corrected chi connectivity index (χ3v) is 5.77. The van der Waals surface area contributed by atoms with Crippen LogP contribution in [0.2, 0.25) is 0 Å². The Morgan fingerprint density at radius 3 is 2.48 bits per heavy atom. The zero-order valence-corrected chi connectivity index (χ0v) is 12.3. The average molecular weight is 300 g/mol. The topological polar surface area (TPSA) is 51.2 Å². The molecule has 0 N–H and O–H groups in total. The standard InChI is InChI=1S/C17H16O3S/c18-12-14-6-4-5-13-11-16(9-10-17(13)14)21(19,20)15-7-2-1-3-8-15/h1-3,7-12,14H,4-6H2. The van der Waals surface area contributed by atoms with Crippen LogP contribution in [0.15, 0.2) is 58.3 Å². The van der Waals surface area contributed by atoms with Gasteiger partial charge in [-0.2, -0.15) is 0 Å². The first kappa shape index (κ1) is 14.0. The number of hydrogen-bond acceptors (Lipinski definition) is 3. The lowest BCUT2D eigenvalue weighted by molar-refractivity contribution is -0.109. The van der Waals surface area contributed by atoms with Gasteiger partial charge in [-0.15, -0.1) is 0 Å². The van der Waals surface area contributed by atoms with Crippen LogP contribution < -0.4 is 0 Å². The van der Waals surface area contributed by atoms with E-state index in [1.165, 1.54) is 0 Å². The molecule has 0 aromatic heterocycles. The van der Waals surface area contributed by atoms with E-state index in [0.29, 0.717) is 9.79 Å². The molecular formula is C17H16O3S. The molecule has 1 atom stereocenters. The lowest BCUT2D eigenvalue weighted by atomic mass is 9.84. The highest BCUT2D eigenvalue weighted by atomic mass is 32.2. The van der Waals surface area contributed by atoms with Crippen molar-refractivity contribution in [1.82, 2.24) is 0 Å². The Bertz CT molecular complexity index is 764. The Morgan fingerprint density at radius 2 is 1.76 bits per heavy atom. The maximum Gasteiger partial charge on any atom is 0.206 e. The van der Waals surface area contributed by atoms with Gasteiger partial charge in [0.2, 0.25) is 9.84 Å². The van der Waals surface area contributed by atoms with Crippen molar-refractivity contribution in [2.45, 2.75) is 35.0 Å². The molecule has 21 heavy (non-hydrogen) atoms. The highest BCUT2D eigenvalue weighted by Crippen LogP contribution is 2.32. The Balaban J connectivity index is 2.07. The van der Waals surface area contributed by atoms with Gasteiger partial charge in [0.05, 0.1) is 9.79 Å². The Morgan fingerprint density at radius 1 is 1.00 bits per heavy atom. The van der Waals surface area contributed by atoms with Crippen LogP contribution in [0.3, 0.4) is 0 Å². The quantitative estimate of drug-likeness (QED) is 0.818. The normalized spacial score (nSPS) is 18.0. The summed E-state index contributed by atoms with van der Waals surface area (Å²) in [5, 5.41) is 0. The summed E-state index contributed by atoms with van der Waals surface area (Å²) in [6.07, 6.45) is 3.56. The van der Waals surface area contributed by atoms with E-state index in [9.17, 15) is 13.2 Å². The first-order chi connectivity index (χ1) is 10.1. The number of carbonyl (C=O) groups excluding carboxylic acids is 1. The van der Waals surface area contributed by atoms with Crippen molar-refractivity contribution in [3.05, 3.63) is 59.7 Å². The average Bonchev–Trinajstić information content (AvgIpc) is 2.54. The van der Waals surface area contributed by atoms with Crippen molar-refractivity contribution < 1.29 is 13.2 Å². The van der Waals surface area contributed by atoms with E-state index < -0.39 is 9.84 Å². The van der Waals surface area contributed by atoms with Gasteiger partial charge in [-0.1, -0.05) is 24.3 Å². The van der Waals surface area contributed by atoms with Crippen LogP contribution in [0, 0.1) is 0 Å². The third kappa shape index (κ3) is 2.51. The van der Waals surface area contributed by atoms with E-state index in [4.69, 9.17) is 0 Å². The molecule has 1 aliphatic rings. The molecule has 0 bridgehead atoms. The number of carbonyl (C=O) groups is 1. The summed E-state index contributed by atoms with van der Waals surface area (Å²) in [6.45, 7) is 0. The molecule has 2 aromatic rings. The van der Waals surface area contributed by atoms with E-state index in [0.717, 1.165) is 36.7 Å². The minimum absolute atomic E-state index is 0.0952. The summed E-state index contributed by atoms with van der Waals surface area (Å²) in [5.74, 6) is -0.0952. The minimum atomic E-state index is -3.48. The Hall–Kier alpha value is -1.94. The lowest BCUT2D eigenvalue weighted by Gasteiger charge is -2.21. The van der Waals surface area contributed by atoms with Crippen molar-refractivity contribution in [3.8, 4) is 0 Å². The molecule has 3 nitrogen and oxygen atoms in total. The predicted molar refractivity (Wildman–Crippen MR) is 80.1 cm³/mol. The molecule has 0 radical (unpaired) electrons. The van der Waals surface area contributed by atoms with Crippen LogP contribution in [-0.2, 0) is 21.1 Å². The van der Waals surface area contributed by atoms with Crippen LogP contribution in [0.4, 0.5) is 0 Å². The lowest BCUT2D eigenvalue weighted by Crippen LogP contribution is -2.12. The van der Waals surface area contributed by atoms with Gasteiger partial charge >= 0.3 is 0 Å². The summed E-state index contributed by atoms with van der Waals surface area (Å²) in [4.78, 5) is 11.7. The smallest absolute Gasteiger partial charge is 0.206 e. The van der Waals surface area contributed by atoms with Crippen molar-refractivity contribution in [1.29, 1.82) is 0 Å². The van der Waals surface area contributed by atoms with Gasteiger partial charge in [0.1, 0.15) is 6.29 Å². The summed E-state index contributed by atoms with van der Waals surface area (Å²) in [6, 6.07) is 13.6. The van der Waals surface area contributed by atoms with E-state index in [1.807, 2.05) is 0 Å². The molecule has 0 saturated carbocycles. The molecule has 0 heterocycles. The molecule has 1 unspecified atom stereocenters. The SMILES string of the molecule is O=CC1CCCc2cc(S(=O)(=O)c3ccccc3)ccc21. The predicted octanol–water partition coefficient (Wildman–Crippen LogP) is 3.14. The fraction of sp³-hybridized carbons (Fsp3) is 0.235. The molecule has 0 amide bonds. The second-order valence-corrected chi connectivity index (χ2v) is 7.26. The van der Waals surface area contributed by atoms with Crippen LogP contribution >= 0.6 is 0 Å². The molecule has 4 heteroatoms. The first-order valence-corrected chi connectivity index (χ1v) is 8.49. The summed E-state index contributed by atoms with van der Waals surface area (Å²) < 4.78 is 25.2. The number of benzene rings is 2. The highest BCUT2D eigenvalue weighted by Gasteiger charge is 2.23. The largest absolute Gasteiger partial charge is 0.303 e. The second kappa shape index (κ2) is 5.45. The van der Waals surface area contributed by atoms with Crippen LogP contribution in [-0.4, -0.2) is 14.7 Å². The van der Waals surface area contributed by atoms with Gasteiger partial charge in [0, 0.05) is 5.92 Å². The van der Waals surface area contributed by atoms with E-state index in [2.05, 4.69) is 0 Å². The Labute approximate surface area is 124 Å². The van der Waals surface area contributed by atoms with Gasteiger partial charge < -0.3 is 4.79 Å². The van der Waals surface area contributed by atoms with Gasteiger partial charge in [0.15, 0.2) is 0 Å². The number of fused-ring (bicyclic) bond motifs is 1. The molecule has 3 rings (SSSR count). The molecular weight excluding hydrogens is 284 g/mol. The van der Waals surface area contributed by atoms with Crippen LogP contribution in [0.1, 0.15) is 29.9 Å². The van der Waals surface area contributed by atoms with Crippen LogP contribution in [0.5, 0.6) is 0 Å². The number of aryl methyl sites for hydroxylation is 1. The van der Waals surface area contributed by atoms with E-state index in [-0.39, 0.29) is 5.92 Å². The van der Waals surface area contributed by atoms with Crippen molar-refractivity contribution in [3.63, 3.8) is 0 Å². The number of hydrogen-bond donors (Lipinski definition) is 0. The van der Waals surface area contributed by atoms with E-state index in [1.54, 1.807) is 48.5 Å². The number of aldehydes is 1. The molecule has 2 aromatic carbocycles. The molecule has 0 aliphatic heterocycles. The van der Waals surface area contributed by atoms with Gasteiger partial charge in [-0.25, -0.2) is 8.42 Å². The fourth-order valence-corrected chi connectivity index (χ4v) is 4.20. The van der Waals surface area contributed by atoms with Crippen molar-refractivity contribution in [2.75, 3.05) is 0 Å². The molecule has 0 saturated heterocycles. The molecule has 108 valence electrons. The molecule has 0 spiro atoms.